The molecule has 0 atom stereocenters. The normalized spacial score (nSPS) is 11.1. The van der Waals surface area contributed by atoms with Crippen molar-refractivity contribution in [3.8, 4) is 11.5 Å². The minimum absolute atomic E-state index is 0.251. The van der Waals surface area contributed by atoms with Gasteiger partial charge in [-0.25, -0.2) is 9.38 Å². The number of aliphatic imine (C=N–C) groups is 1. The number of benzene rings is 2. The van der Waals surface area contributed by atoms with Gasteiger partial charge in [-0.2, -0.15) is 0 Å². The molecule has 0 fully saturated rings. The van der Waals surface area contributed by atoms with Crippen LogP contribution in [-0.4, -0.2) is 40.8 Å². The molecule has 0 bridgehead atoms. The molecule has 2 aromatic rings. The number of anilines is 1. The van der Waals surface area contributed by atoms with Crippen molar-refractivity contribution in [1.29, 1.82) is 0 Å². The molecule has 0 unspecified atom stereocenters. The van der Waals surface area contributed by atoms with E-state index in [0.29, 0.717) is 24.7 Å². The third-order valence-electron chi connectivity index (χ3n) is 4.20. The van der Waals surface area contributed by atoms with Gasteiger partial charge >= 0.3 is 0 Å². The molecule has 2 N–H and O–H groups in total. The van der Waals surface area contributed by atoms with Gasteiger partial charge in [0.05, 0.1) is 26.5 Å². The molecule has 28 heavy (non-hydrogen) atoms. The summed E-state index contributed by atoms with van der Waals surface area (Å²) in [5.41, 5.74) is 2.35. The molecule has 0 aliphatic rings. The average molecular weight is 388 g/mol. The number of rotatable bonds is 8. The first kappa shape index (κ1) is 21.3. The fraction of sp³-hybridized carbons (Fsp3) is 0.381. The van der Waals surface area contributed by atoms with Crippen LogP contribution in [0.15, 0.2) is 41.4 Å². The largest absolute Gasteiger partial charge is 0.497 e. The Kier molecular flexibility index (Phi) is 7.92. The van der Waals surface area contributed by atoms with E-state index in [1.54, 1.807) is 25.2 Å². The van der Waals surface area contributed by atoms with Gasteiger partial charge in [0.1, 0.15) is 17.3 Å². The van der Waals surface area contributed by atoms with Gasteiger partial charge in [0.15, 0.2) is 5.96 Å². The fourth-order valence-corrected chi connectivity index (χ4v) is 2.70. The predicted octanol–water partition coefficient (Wildman–Crippen LogP) is 3.16. The lowest BCUT2D eigenvalue weighted by Crippen LogP contribution is -2.36. The number of methoxy groups -OCH3 is 2. The maximum atomic E-state index is 14.1. The van der Waals surface area contributed by atoms with E-state index >= 15 is 0 Å². The molecule has 0 aliphatic heterocycles. The van der Waals surface area contributed by atoms with Gasteiger partial charge in [-0.05, 0) is 36.8 Å². The molecule has 6 nitrogen and oxygen atoms in total. The lowest BCUT2D eigenvalue weighted by atomic mass is 10.2. The molecule has 7 heteroatoms. The zero-order valence-corrected chi connectivity index (χ0v) is 17.2. The zero-order valence-electron chi connectivity index (χ0n) is 17.2. The van der Waals surface area contributed by atoms with Crippen LogP contribution in [-0.2, 0) is 13.1 Å². The molecule has 0 aromatic heterocycles. The van der Waals surface area contributed by atoms with Crippen molar-refractivity contribution in [2.75, 3.05) is 39.8 Å². The van der Waals surface area contributed by atoms with Crippen LogP contribution in [0, 0.1) is 5.82 Å². The molecule has 0 radical (unpaired) electrons. The van der Waals surface area contributed by atoms with Crippen LogP contribution in [0.3, 0.4) is 0 Å². The van der Waals surface area contributed by atoms with Crippen molar-refractivity contribution in [2.24, 2.45) is 4.99 Å². The highest BCUT2D eigenvalue weighted by atomic mass is 19.1. The van der Waals surface area contributed by atoms with E-state index in [9.17, 15) is 4.39 Å². The third-order valence-corrected chi connectivity index (χ3v) is 4.20. The summed E-state index contributed by atoms with van der Waals surface area (Å²) in [6.45, 7) is 3.63. The number of nitrogens with zero attached hydrogens (tertiary/aromatic N) is 2. The van der Waals surface area contributed by atoms with Crippen LogP contribution in [0.1, 0.15) is 18.1 Å². The van der Waals surface area contributed by atoms with Crippen molar-refractivity contribution >= 4 is 11.6 Å². The Bertz CT molecular complexity index is 809. The summed E-state index contributed by atoms with van der Waals surface area (Å²) < 4.78 is 24.8. The van der Waals surface area contributed by atoms with Crippen LogP contribution in [0.4, 0.5) is 10.1 Å². The SMILES string of the molecule is CCNC(=NCc1ccc(N(C)C)c(F)c1)NCc1ccc(OC)cc1OC. The van der Waals surface area contributed by atoms with Crippen LogP contribution in [0.5, 0.6) is 11.5 Å². The summed E-state index contributed by atoms with van der Waals surface area (Å²) in [4.78, 5) is 6.30. The minimum atomic E-state index is -0.251. The molecule has 0 spiro atoms. The van der Waals surface area contributed by atoms with E-state index in [0.717, 1.165) is 29.2 Å². The quantitative estimate of drug-likeness (QED) is 0.537. The first-order valence-corrected chi connectivity index (χ1v) is 9.17. The Morgan fingerprint density at radius 3 is 2.46 bits per heavy atom. The van der Waals surface area contributed by atoms with Crippen LogP contribution >= 0.6 is 0 Å². The molecule has 0 amide bonds. The number of halogens is 1. The Hall–Kier alpha value is -2.96. The molecular formula is C21H29FN4O2. The molecule has 0 saturated heterocycles. The first-order valence-electron chi connectivity index (χ1n) is 9.17. The number of hydrogen-bond donors (Lipinski definition) is 2. The van der Waals surface area contributed by atoms with E-state index in [4.69, 9.17) is 9.47 Å². The molecule has 0 heterocycles. The van der Waals surface area contributed by atoms with Crippen LogP contribution in [0.2, 0.25) is 0 Å². The van der Waals surface area contributed by atoms with Gasteiger partial charge in [0.25, 0.3) is 0 Å². The first-order chi connectivity index (χ1) is 13.5. The van der Waals surface area contributed by atoms with Gasteiger partial charge in [-0.1, -0.05) is 6.07 Å². The summed E-state index contributed by atoms with van der Waals surface area (Å²) in [6.07, 6.45) is 0. The lowest BCUT2D eigenvalue weighted by molar-refractivity contribution is 0.390. The Morgan fingerprint density at radius 1 is 1.07 bits per heavy atom. The van der Waals surface area contributed by atoms with E-state index < -0.39 is 0 Å². The second-order valence-corrected chi connectivity index (χ2v) is 6.41. The summed E-state index contributed by atoms with van der Waals surface area (Å²) in [5.74, 6) is 1.88. The Labute approximate surface area is 166 Å². The van der Waals surface area contributed by atoms with E-state index in [-0.39, 0.29) is 5.82 Å². The standard InChI is InChI=1S/C21H29FN4O2/c1-6-23-21(24-13-15-7-10-19(26(2)3)18(22)11-15)25-14-16-8-9-17(27-4)12-20(16)28-5/h7-12H,6,13-14H2,1-5H3,(H2,23,24,25). The summed E-state index contributed by atoms with van der Waals surface area (Å²) in [6, 6.07) is 10.9. The maximum Gasteiger partial charge on any atom is 0.191 e. The number of guanidine groups is 1. The topological polar surface area (TPSA) is 58.1 Å². The monoisotopic (exact) mass is 388 g/mol. The van der Waals surface area contributed by atoms with Crippen LogP contribution in [0.25, 0.3) is 0 Å². The average Bonchev–Trinajstić information content (AvgIpc) is 2.69. The van der Waals surface area contributed by atoms with Gasteiger partial charge in [-0.3, -0.25) is 0 Å². The Balaban J connectivity index is 2.08. The van der Waals surface area contributed by atoms with Crippen molar-refractivity contribution in [2.45, 2.75) is 20.0 Å². The number of ether oxygens (including phenoxy) is 2. The van der Waals surface area contributed by atoms with Gasteiger partial charge in [0.2, 0.25) is 0 Å². The van der Waals surface area contributed by atoms with Crippen molar-refractivity contribution in [3.05, 3.63) is 53.3 Å². The highest BCUT2D eigenvalue weighted by Crippen LogP contribution is 2.24. The maximum absolute atomic E-state index is 14.1. The third kappa shape index (κ3) is 5.77. The summed E-state index contributed by atoms with van der Waals surface area (Å²) in [7, 11) is 6.88. The van der Waals surface area contributed by atoms with Crippen molar-refractivity contribution in [1.82, 2.24) is 10.6 Å². The van der Waals surface area contributed by atoms with Crippen molar-refractivity contribution in [3.63, 3.8) is 0 Å². The molecule has 152 valence electrons. The van der Waals surface area contributed by atoms with Gasteiger partial charge < -0.3 is 25.0 Å². The molecule has 0 aliphatic carbocycles. The second-order valence-electron chi connectivity index (χ2n) is 6.41. The minimum Gasteiger partial charge on any atom is -0.497 e. The van der Waals surface area contributed by atoms with Crippen LogP contribution < -0.4 is 25.0 Å². The summed E-state index contributed by atoms with van der Waals surface area (Å²) >= 11 is 0. The van der Waals surface area contributed by atoms with E-state index in [1.165, 1.54) is 6.07 Å². The second kappa shape index (κ2) is 10.4. The van der Waals surface area contributed by atoms with E-state index in [1.807, 2.05) is 45.3 Å². The number of nitrogens with one attached hydrogen (secondary N) is 2. The fourth-order valence-electron chi connectivity index (χ4n) is 2.70. The highest BCUT2D eigenvalue weighted by molar-refractivity contribution is 5.79. The lowest BCUT2D eigenvalue weighted by Gasteiger charge is -2.15. The van der Waals surface area contributed by atoms with Crippen molar-refractivity contribution < 1.29 is 13.9 Å². The molecular weight excluding hydrogens is 359 g/mol. The Morgan fingerprint density at radius 2 is 1.86 bits per heavy atom. The smallest absolute Gasteiger partial charge is 0.191 e. The predicted molar refractivity (Wildman–Crippen MR) is 112 cm³/mol. The highest BCUT2D eigenvalue weighted by Gasteiger charge is 2.08. The van der Waals surface area contributed by atoms with E-state index in [2.05, 4.69) is 15.6 Å². The molecule has 0 saturated carbocycles. The zero-order chi connectivity index (χ0) is 20.5. The van der Waals surface area contributed by atoms with Gasteiger partial charge in [0, 0.05) is 38.8 Å². The molecule has 2 rings (SSSR count). The molecule has 2 aromatic carbocycles. The number of hydrogen-bond acceptors (Lipinski definition) is 4. The van der Waals surface area contributed by atoms with Gasteiger partial charge in [-0.15, -0.1) is 0 Å². The summed E-state index contributed by atoms with van der Waals surface area (Å²) in [5, 5.41) is 6.48.